The van der Waals surface area contributed by atoms with Gasteiger partial charge in [0.15, 0.2) is 0 Å². The Hall–Kier alpha value is -1.38. The molecule has 1 aliphatic heterocycles. The molecular weight excluding hydrogens is 382 g/mol. The van der Waals surface area contributed by atoms with E-state index in [2.05, 4.69) is 34.1 Å². The first kappa shape index (κ1) is 16.5. The van der Waals surface area contributed by atoms with Gasteiger partial charge in [-0.05, 0) is 22.0 Å². The van der Waals surface area contributed by atoms with Crippen LogP contribution in [0.15, 0.2) is 21.0 Å². The van der Waals surface area contributed by atoms with E-state index in [1.165, 1.54) is 0 Å². The number of amides is 1. The van der Waals surface area contributed by atoms with Crippen LogP contribution in [0.2, 0.25) is 0 Å². The zero-order valence-corrected chi connectivity index (χ0v) is 15.4. The van der Waals surface area contributed by atoms with Gasteiger partial charge in [-0.3, -0.25) is 4.79 Å². The van der Waals surface area contributed by atoms with Crippen molar-refractivity contribution in [2.75, 3.05) is 49.6 Å². The standard InChI is InChI=1S/C15H18BrN3O3S/c1-17-14(20)13-9-7-10(16)11(18(2)23)8-12(9)22-15(13)19-3-5-21-6-4-19/h7-8,23H,3-6H2,1-2H3,(H,17,20). The zero-order valence-electron chi connectivity index (χ0n) is 12.9. The number of nitrogens with one attached hydrogen (secondary N) is 1. The van der Waals surface area contributed by atoms with Gasteiger partial charge in [0.1, 0.15) is 11.1 Å². The molecule has 0 radical (unpaired) electrons. The van der Waals surface area contributed by atoms with Gasteiger partial charge in [-0.1, -0.05) is 12.8 Å². The quantitative estimate of drug-likeness (QED) is 0.776. The van der Waals surface area contributed by atoms with E-state index in [0.29, 0.717) is 43.3 Å². The van der Waals surface area contributed by atoms with Crippen LogP contribution in [0.5, 0.6) is 0 Å². The molecule has 0 unspecified atom stereocenters. The van der Waals surface area contributed by atoms with E-state index in [9.17, 15) is 4.79 Å². The second-order valence-electron chi connectivity index (χ2n) is 5.28. The van der Waals surface area contributed by atoms with Crippen molar-refractivity contribution in [3.05, 3.63) is 22.2 Å². The predicted molar refractivity (Wildman–Crippen MR) is 97.7 cm³/mol. The molecule has 1 amide bonds. The van der Waals surface area contributed by atoms with Gasteiger partial charge >= 0.3 is 0 Å². The van der Waals surface area contributed by atoms with Crippen LogP contribution in [0.25, 0.3) is 11.0 Å². The minimum Gasteiger partial charge on any atom is -0.440 e. The number of carbonyl (C=O) groups excluding carboxylic acids is 1. The van der Waals surface area contributed by atoms with Crippen molar-refractivity contribution < 1.29 is 13.9 Å². The number of hydrogen-bond donors (Lipinski definition) is 2. The first-order chi connectivity index (χ1) is 11.0. The Bertz CT molecular complexity index is 741. The topological polar surface area (TPSA) is 58.0 Å². The lowest BCUT2D eigenvalue weighted by Gasteiger charge is -2.27. The van der Waals surface area contributed by atoms with Crippen LogP contribution in [-0.2, 0) is 4.74 Å². The lowest BCUT2D eigenvalue weighted by Crippen LogP contribution is -2.37. The van der Waals surface area contributed by atoms with Gasteiger partial charge in [-0.25, -0.2) is 0 Å². The molecule has 0 spiro atoms. The molecule has 0 aliphatic carbocycles. The van der Waals surface area contributed by atoms with Crippen LogP contribution < -0.4 is 14.5 Å². The SMILES string of the molecule is CNC(=O)c1c(N2CCOCC2)oc2cc(N(C)S)c(Br)cc12. The second kappa shape index (κ2) is 6.62. The van der Waals surface area contributed by atoms with Crippen molar-refractivity contribution in [2.24, 2.45) is 0 Å². The Kier molecular flexibility index (Phi) is 4.74. The first-order valence-corrected chi connectivity index (χ1v) is 8.45. The van der Waals surface area contributed by atoms with Crippen LogP contribution in [0.3, 0.4) is 0 Å². The minimum atomic E-state index is -0.163. The van der Waals surface area contributed by atoms with E-state index in [1.54, 1.807) is 11.4 Å². The fourth-order valence-corrected chi connectivity index (χ4v) is 3.59. The van der Waals surface area contributed by atoms with Crippen LogP contribution >= 0.6 is 28.7 Å². The fraction of sp³-hybridized carbons (Fsp3) is 0.400. The molecule has 2 aromatic rings. The third kappa shape index (κ3) is 3.02. The highest BCUT2D eigenvalue weighted by molar-refractivity contribution is 9.10. The van der Waals surface area contributed by atoms with E-state index < -0.39 is 0 Å². The maximum atomic E-state index is 12.4. The highest BCUT2D eigenvalue weighted by Gasteiger charge is 2.26. The maximum Gasteiger partial charge on any atom is 0.257 e. The fourth-order valence-electron chi connectivity index (χ4n) is 2.67. The Morgan fingerprint density at radius 3 is 2.70 bits per heavy atom. The number of carbonyl (C=O) groups is 1. The summed E-state index contributed by atoms with van der Waals surface area (Å²) in [6.45, 7) is 2.64. The van der Waals surface area contributed by atoms with Gasteiger partial charge in [0.05, 0.1) is 18.9 Å². The normalized spacial score (nSPS) is 15.0. The van der Waals surface area contributed by atoms with Crippen LogP contribution in [-0.4, -0.2) is 46.3 Å². The molecule has 6 nitrogen and oxygen atoms in total. The molecule has 1 fully saturated rings. The summed E-state index contributed by atoms with van der Waals surface area (Å²) in [5, 5.41) is 3.47. The molecule has 1 aromatic carbocycles. The molecule has 1 aromatic heterocycles. The number of furan rings is 1. The molecule has 23 heavy (non-hydrogen) atoms. The van der Waals surface area contributed by atoms with Crippen molar-refractivity contribution in [1.82, 2.24) is 5.32 Å². The number of nitrogens with zero attached hydrogens (tertiary/aromatic N) is 2. The summed E-state index contributed by atoms with van der Waals surface area (Å²) >= 11 is 7.86. The van der Waals surface area contributed by atoms with Gasteiger partial charge in [0, 0.05) is 43.1 Å². The smallest absolute Gasteiger partial charge is 0.257 e. The van der Waals surface area contributed by atoms with Crippen molar-refractivity contribution in [3.63, 3.8) is 0 Å². The molecular formula is C15H18BrN3O3S. The highest BCUT2D eigenvalue weighted by Crippen LogP contribution is 2.39. The molecule has 0 saturated carbocycles. The summed E-state index contributed by atoms with van der Waals surface area (Å²) in [7, 11) is 3.45. The average molecular weight is 400 g/mol. The van der Waals surface area contributed by atoms with Gasteiger partial charge in [0.2, 0.25) is 5.88 Å². The summed E-state index contributed by atoms with van der Waals surface area (Å²) in [5.41, 5.74) is 2.08. The first-order valence-electron chi connectivity index (χ1n) is 7.26. The molecule has 1 aliphatic rings. The lowest BCUT2D eigenvalue weighted by molar-refractivity contribution is 0.0961. The number of rotatable bonds is 3. The minimum absolute atomic E-state index is 0.163. The Morgan fingerprint density at radius 2 is 2.09 bits per heavy atom. The van der Waals surface area contributed by atoms with Crippen LogP contribution in [0, 0.1) is 0 Å². The van der Waals surface area contributed by atoms with E-state index >= 15 is 0 Å². The summed E-state index contributed by atoms with van der Waals surface area (Å²) in [6, 6.07) is 3.78. The summed E-state index contributed by atoms with van der Waals surface area (Å²) in [4.78, 5) is 14.5. The molecule has 2 heterocycles. The van der Waals surface area contributed by atoms with Crippen molar-refractivity contribution >= 4 is 57.2 Å². The molecule has 1 N–H and O–H groups in total. The van der Waals surface area contributed by atoms with E-state index in [4.69, 9.17) is 9.15 Å². The van der Waals surface area contributed by atoms with Crippen LogP contribution in [0.4, 0.5) is 11.6 Å². The average Bonchev–Trinajstić information content (AvgIpc) is 2.92. The number of hydrogen-bond acceptors (Lipinski definition) is 6. The summed E-state index contributed by atoms with van der Waals surface area (Å²) < 4.78 is 14.0. The van der Waals surface area contributed by atoms with Crippen molar-refractivity contribution in [3.8, 4) is 0 Å². The number of halogens is 1. The monoisotopic (exact) mass is 399 g/mol. The summed E-state index contributed by atoms with van der Waals surface area (Å²) in [6.07, 6.45) is 0. The molecule has 8 heteroatoms. The molecule has 0 bridgehead atoms. The Morgan fingerprint density at radius 1 is 1.39 bits per heavy atom. The number of thiol groups is 1. The predicted octanol–water partition coefficient (Wildman–Crippen LogP) is 2.67. The van der Waals surface area contributed by atoms with Crippen molar-refractivity contribution in [2.45, 2.75) is 0 Å². The number of morpholine rings is 1. The van der Waals surface area contributed by atoms with Crippen molar-refractivity contribution in [1.29, 1.82) is 0 Å². The maximum absolute atomic E-state index is 12.4. The molecule has 0 atom stereocenters. The number of fused-ring (bicyclic) bond motifs is 1. The van der Waals surface area contributed by atoms with E-state index in [0.717, 1.165) is 15.5 Å². The lowest BCUT2D eigenvalue weighted by atomic mass is 10.1. The van der Waals surface area contributed by atoms with E-state index in [1.807, 2.05) is 24.1 Å². The third-order valence-electron chi connectivity index (χ3n) is 3.84. The molecule has 3 rings (SSSR count). The van der Waals surface area contributed by atoms with Gasteiger partial charge in [-0.15, -0.1) is 0 Å². The van der Waals surface area contributed by atoms with E-state index in [-0.39, 0.29) is 5.91 Å². The molecule has 1 saturated heterocycles. The molecule has 124 valence electrons. The Labute approximate surface area is 148 Å². The van der Waals surface area contributed by atoms with Gasteiger partial charge in [-0.2, -0.15) is 0 Å². The number of benzene rings is 1. The number of ether oxygens (including phenoxy) is 1. The second-order valence-corrected chi connectivity index (χ2v) is 6.74. The summed E-state index contributed by atoms with van der Waals surface area (Å²) in [5.74, 6) is 0.428. The Balaban J connectivity index is 2.19. The third-order valence-corrected chi connectivity index (χ3v) is 4.69. The van der Waals surface area contributed by atoms with Gasteiger partial charge < -0.3 is 23.7 Å². The number of anilines is 2. The van der Waals surface area contributed by atoms with Crippen LogP contribution in [0.1, 0.15) is 10.4 Å². The zero-order chi connectivity index (χ0) is 16.6. The highest BCUT2D eigenvalue weighted by atomic mass is 79.9. The van der Waals surface area contributed by atoms with Gasteiger partial charge in [0.25, 0.3) is 5.91 Å². The largest absolute Gasteiger partial charge is 0.440 e.